The van der Waals surface area contributed by atoms with Gasteiger partial charge in [0.25, 0.3) is 0 Å². The van der Waals surface area contributed by atoms with Gasteiger partial charge in [0.2, 0.25) is 0 Å². The Labute approximate surface area is 89.0 Å². The zero-order valence-electron chi connectivity index (χ0n) is 7.96. The van der Waals surface area contributed by atoms with Crippen molar-refractivity contribution in [2.75, 3.05) is 6.54 Å². The summed E-state index contributed by atoms with van der Waals surface area (Å²) < 4.78 is 0. The summed E-state index contributed by atoms with van der Waals surface area (Å²) in [5, 5.41) is 3.99. The highest BCUT2D eigenvalue weighted by atomic mass is 35.5. The Kier molecular flexibility index (Phi) is 2.85. The number of hydrogen-bond donors (Lipinski definition) is 1. The molecule has 0 fully saturated rings. The largest absolute Gasteiger partial charge is 0.304 e. The third-order valence-corrected chi connectivity index (χ3v) is 2.63. The van der Waals surface area contributed by atoms with Gasteiger partial charge in [0.15, 0.2) is 0 Å². The molecule has 1 N–H and O–H groups in total. The fourth-order valence-corrected chi connectivity index (χ4v) is 1.92. The highest BCUT2D eigenvalue weighted by Gasteiger charge is 2.22. The number of halogens is 1. The zero-order valence-corrected chi connectivity index (χ0v) is 8.72. The molecule has 0 amide bonds. The lowest BCUT2D eigenvalue weighted by atomic mass is 10.2. The number of aromatic nitrogens is 1. The minimum absolute atomic E-state index is 0.349. The van der Waals surface area contributed by atoms with Crippen molar-refractivity contribution in [2.24, 2.45) is 0 Å². The van der Waals surface area contributed by atoms with E-state index in [1.54, 1.807) is 0 Å². The number of pyridine rings is 1. The Morgan fingerprint density at radius 1 is 1.71 bits per heavy atom. The second-order valence-electron chi connectivity index (χ2n) is 3.54. The highest BCUT2D eigenvalue weighted by molar-refractivity contribution is 6.29. The summed E-state index contributed by atoms with van der Waals surface area (Å²) in [5.41, 5.74) is 2.52. The summed E-state index contributed by atoms with van der Waals surface area (Å²) >= 11 is 5.71. The molecular weight excluding hydrogens is 196 g/mol. The van der Waals surface area contributed by atoms with Crippen LogP contribution in [0.25, 0.3) is 0 Å². The normalized spacial score (nSPS) is 19.4. The lowest BCUT2D eigenvalue weighted by Gasteiger charge is -2.11. The van der Waals surface area contributed by atoms with E-state index in [2.05, 4.69) is 22.9 Å². The maximum absolute atomic E-state index is 5.71. The summed E-state index contributed by atoms with van der Waals surface area (Å²) in [6, 6.07) is 4.48. The molecule has 1 heterocycles. The van der Waals surface area contributed by atoms with Gasteiger partial charge in [-0.15, -0.1) is 0 Å². The average Bonchev–Trinajstić information content (AvgIpc) is 2.58. The van der Waals surface area contributed by atoms with Crippen molar-refractivity contribution < 1.29 is 0 Å². The first-order valence-electron chi connectivity index (χ1n) is 4.78. The number of nitrogens with zero attached hydrogens (tertiary/aromatic N) is 1. The van der Waals surface area contributed by atoms with Crippen molar-refractivity contribution in [1.82, 2.24) is 10.3 Å². The van der Waals surface area contributed by atoms with E-state index >= 15 is 0 Å². The minimum atomic E-state index is 0.349. The molecule has 74 valence electrons. The number of nitrogens with one attached hydrogen (secondary N) is 1. The summed E-state index contributed by atoms with van der Waals surface area (Å²) in [6.45, 7) is 4.31. The summed E-state index contributed by atoms with van der Waals surface area (Å²) in [6.07, 6.45) is 4.06. The molecule has 0 spiro atoms. The quantitative estimate of drug-likeness (QED) is 0.825. The third-order valence-electron chi connectivity index (χ3n) is 2.50. The Morgan fingerprint density at radius 3 is 3.36 bits per heavy atom. The topological polar surface area (TPSA) is 24.9 Å². The summed E-state index contributed by atoms with van der Waals surface area (Å²) in [4.78, 5) is 4.38. The molecule has 1 atom stereocenters. The maximum Gasteiger partial charge on any atom is 0.0605 e. The first-order chi connectivity index (χ1) is 6.77. The molecule has 14 heavy (non-hydrogen) atoms. The number of fused-ring (bicyclic) bond motifs is 1. The predicted octanol–water partition coefficient (Wildman–Crippen LogP) is 2.41. The fourth-order valence-electron chi connectivity index (χ4n) is 1.85. The van der Waals surface area contributed by atoms with Gasteiger partial charge in [0.1, 0.15) is 0 Å². The Hall–Kier alpha value is -0.860. The van der Waals surface area contributed by atoms with E-state index in [-0.39, 0.29) is 0 Å². The summed E-state index contributed by atoms with van der Waals surface area (Å²) in [7, 11) is 0. The van der Waals surface area contributed by atoms with Crippen LogP contribution >= 0.6 is 11.6 Å². The highest BCUT2D eigenvalue weighted by Crippen LogP contribution is 2.28. The van der Waals surface area contributed by atoms with Crippen LogP contribution in [-0.2, 0) is 6.42 Å². The van der Waals surface area contributed by atoms with Crippen LogP contribution in [0.1, 0.15) is 23.7 Å². The van der Waals surface area contributed by atoms with Crippen LogP contribution in [-0.4, -0.2) is 11.5 Å². The smallest absolute Gasteiger partial charge is 0.0605 e. The van der Waals surface area contributed by atoms with E-state index in [1.807, 2.05) is 12.3 Å². The van der Waals surface area contributed by atoms with Gasteiger partial charge in [-0.1, -0.05) is 24.2 Å². The monoisotopic (exact) mass is 208 g/mol. The molecule has 1 aromatic heterocycles. The molecular formula is C11H13ClN2. The van der Waals surface area contributed by atoms with Crippen LogP contribution in [0.3, 0.4) is 0 Å². The molecule has 0 saturated carbocycles. The van der Waals surface area contributed by atoms with Gasteiger partial charge in [0, 0.05) is 17.8 Å². The molecule has 2 nitrogen and oxygen atoms in total. The molecule has 1 aromatic rings. The van der Waals surface area contributed by atoms with Crippen LogP contribution in [0, 0.1) is 0 Å². The second kappa shape index (κ2) is 4.11. The molecule has 1 aliphatic rings. The van der Waals surface area contributed by atoms with Crippen LogP contribution in [0.5, 0.6) is 0 Å². The molecule has 3 heteroatoms. The Bertz CT molecular complexity index is 349. The standard InChI is InChI=1S/C11H13ClN2/c1-8(12)7-14-10-5-4-9-3-2-6-13-11(9)10/h2-3,6,10,14H,1,4-5,7H2. The predicted molar refractivity (Wildman–Crippen MR) is 58.3 cm³/mol. The molecule has 0 aromatic carbocycles. The van der Waals surface area contributed by atoms with Gasteiger partial charge in [0.05, 0.1) is 11.7 Å². The van der Waals surface area contributed by atoms with Gasteiger partial charge in [-0.25, -0.2) is 0 Å². The van der Waals surface area contributed by atoms with Gasteiger partial charge in [-0.05, 0) is 24.5 Å². The van der Waals surface area contributed by atoms with E-state index in [9.17, 15) is 0 Å². The van der Waals surface area contributed by atoms with Crippen molar-refractivity contribution in [3.8, 4) is 0 Å². The molecule has 0 aliphatic heterocycles. The van der Waals surface area contributed by atoms with E-state index in [0.29, 0.717) is 17.6 Å². The zero-order chi connectivity index (χ0) is 9.97. The number of hydrogen-bond acceptors (Lipinski definition) is 2. The van der Waals surface area contributed by atoms with Crippen LogP contribution in [0.15, 0.2) is 29.9 Å². The maximum atomic E-state index is 5.71. The van der Waals surface area contributed by atoms with Crippen molar-refractivity contribution in [3.63, 3.8) is 0 Å². The fraction of sp³-hybridized carbons (Fsp3) is 0.364. The van der Waals surface area contributed by atoms with Crippen molar-refractivity contribution >= 4 is 11.6 Å². The van der Waals surface area contributed by atoms with Gasteiger partial charge in [-0.2, -0.15) is 0 Å². The van der Waals surface area contributed by atoms with E-state index in [1.165, 1.54) is 11.3 Å². The second-order valence-corrected chi connectivity index (χ2v) is 4.07. The van der Waals surface area contributed by atoms with E-state index in [4.69, 9.17) is 11.6 Å². The Balaban J connectivity index is 2.07. The Morgan fingerprint density at radius 2 is 2.57 bits per heavy atom. The molecule has 1 unspecified atom stereocenters. The van der Waals surface area contributed by atoms with Crippen molar-refractivity contribution in [2.45, 2.75) is 18.9 Å². The van der Waals surface area contributed by atoms with E-state index < -0.39 is 0 Å². The molecule has 0 bridgehead atoms. The van der Waals surface area contributed by atoms with Gasteiger partial charge in [-0.3, -0.25) is 4.98 Å². The molecule has 0 saturated heterocycles. The van der Waals surface area contributed by atoms with Crippen molar-refractivity contribution in [1.29, 1.82) is 0 Å². The van der Waals surface area contributed by atoms with E-state index in [0.717, 1.165) is 12.8 Å². The number of aryl methyl sites for hydroxylation is 1. The first-order valence-corrected chi connectivity index (χ1v) is 5.15. The minimum Gasteiger partial charge on any atom is -0.304 e. The van der Waals surface area contributed by atoms with Gasteiger partial charge < -0.3 is 5.32 Å². The first kappa shape index (κ1) is 9.69. The van der Waals surface area contributed by atoms with Crippen molar-refractivity contribution in [3.05, 3.63) is 41.2 Å². The van der Waals surface area contributed by atoms with Crippen LogP contribution in [0.2, 0.25) is 0 Å². The summed E-state index contributed by atoms with van der Waals surface area (Å²) in [5.74, 6) is 0. The number of rotatable bonds is 3. The lowest BCUT2D eigenvalue weighted by molar-refractivity contribution is 0.551. The molecule has 2 rings (SSSR count). The average molecular weight is 209 g/mol. The third kappa shape index (κ3) is 1.97. The van der Waals surface area contributed by atoms with Gasteiger partial charge >= 0.3 is 0 Å². The van der Waals surface area contributed by atoms with Crippen LogP contribution in [0.4, 0.5) is 0 Å². The molecule has 1 aliphatic carbocycles. The molecule has 0 radical (unpaired) electrons. The van der Waals surface area contributed by atoms with Crippen LogP contribution < -0.4 is 5.32 Å². The SMILES string of the molecule is C=C(Cl)CNC1CCc2cccnc21. The lowest BCUT2D eigenvalue weighted by Crippen LogP contribution is -2.21.